The van der Waals surface area contributed by atoms with Crippen LogP contribution in [0.5, 0.6) is 0 Å². The minimum absolute atomic E-state index is 0.241. The summed E-state index contributed by atoms with van der Waals surface area (Å²) in [6.07, 6.45) is 5.19. The molecule has 1 aromatic carbocycles. The first-order valence-corrected chi connectivity index (χ1v) is 7.08. The van der Waals surface area contributed by atoms with Crippen molar-refractivity contribution < 1.29 is 0 Å². The monoisotopic (exact) mass is 227 g/mol. The van der Waals surface area contributed by atoms with Crippen LogP contribution in [-0.2, 0) is 6.42 Å². The SMILES string of the molecule is CSc1ccc(CC(C)N)cc1SC. The Morgan fingerprint density at radius 3 is 2.36 bits per heavy atom. The van der Waals surface area contributed by atoms with Crippen molar-refractivity contribution in [1.29, 1.82) is 0 Å². The van der Waals surface area contributed by atoms with Gasteiger partial charge in [-0.1, -0.05) is 6.07 Å². The van der Waals surface area contributed by atoms with E-state index in [4.69, 9.17) is 5.73 Å². The number of benzene rings is 1. The van der Waals surface area contributed by atoms with Crippen LogP contribution in [0, 0.1) is 0 Å². The standard InChI is InChI=1S/C11H17NS2/c1-8(12)6-9-4-5-10(13-2)11(7-9)14-3/h4-5,7-8H,6,12H2,1-3H3. The van der Waals surface area contributed by atoms with Gasteiger partial charge in [0.15, 0.2) is 0 Å². The summed E-state index contributed by atoms with van der Waals surface area (Å²) in [6, 6.07) is 6.85. The zero-order chi connectivity index (χ0) is 10.6. The van der Waals surface area contributed by atoms with Gasteiger partial charge in [-0.15, -0.1) is 23.5 Å². The zero-order valence-electron chi connectivity index (χ0n) is 8.91. The van der Waals surface area contributed by atoms with Crippen LogP contribution in [0.3, 0.4) is 0 Å². The van der Waals surface area contributed by atoms with Gasteiger partial charge >= 0.3 is 0 Å². The summed E-state index contributed by atoms with van der Waals surface area (Å²) in [4.78, 5) is 2.71. The van der Waals surface area contributed by atoms with Gasteiger partial charge < -0.3 is 5.73 Å². The summed E-state index contributed by atoms with van der Waals surface area (Å²) in [5.41, 5.74) is 7.11. The van der Waals surface area contributed by atoms with E-state index in [0.717, 1.165) is 6.42 Å². The molecule has 2 N–H and O–H groups in total. The van der Waals surface area contributed by atoms with Gasteiger partial charge in [-0.3, -0.25) is 0 Å². The summed E-state index contributed by atoms with van der Waals surface area (Å²) >= 11 is 3.60. The minimum atomic E-state index is 0.241. The molecule has 1 atom stereocenters. The van der Waals surface area contributed by atoms with Gasteiger partial charge in [-0.2, -0.15) is 0 Å². The maximum Gasteiger partial charge on any atom is 0.0208 e. The Morgan fingerprint density at radius 2 is 1.86 bits per heavy atom. The highest BCUT2D eigenvalue weighted by Gasteiger charge is 2.03. The van der Waals surface area contributed by atoms with E-state index in [9.17, 15) is 0 Å². The van der Waals surface area contributed by atoms with E-state index in [1.807, 2.05) is 6.92 Å². The Kier molecular flexibility index (Phi) is 4.85. The summed E-state index contributed by atoms with van der Waals surface area (Å²) in [5, 5.41) is 0. The molecule has 0 aliphatic rings. The molecule has 0 spiro atoms. The van der Waals surface area contributed by atoms with Crippen molar-refractivity contribution in [3.05, 3.63) is 23.8 Å². The van der Waals surface area contributed by atoms with Crippen LogP contribution < -0.4 is 5.73 Å². The molecule has 0 bridgehead atoms. The molecule has 0 aliphatic heterocycles. The molecule has 78 valence electrons. The van der Waals surface area contributed by atoms with Crippen molar-refractivity contribution in [3.63, 3.8) is 0 Å². The molecule has 3 heteroatoms. The molecule has 1 nitrogen and oxygen atoms in total. The number of hydrogen-bond donors (Lipinski definition) is 1. The first-order valence-electron chi connectivity index (χ1n) is 4.64. The Labute approximate surface area is 94.8 Å². The fourth-order valence-electron chi connectivity index (χ4n) is 1.38. The van der Waals surface area contributed by atoms with Gasteiger partial charge in [0.2, 0.25) is 0 Å². The highest BCUT2D eigenvalue weighted by Crippen LogP contribution is 2.29. The lowest BCUT2D eigenvalue weighted by atomic mass is 10.1. The zero-order valence-corrected chi connectivity index (χ0v) is 10.5. The van der Waals surface area contributed by atoms with Gasteiger partial charge in [-0.05, 0) is 43.6 Å². The Morgan fingerprint density at radius 1 is 1.21 bits per heavy atom. The predicted molar refractivity (Wildman–Crippen MR) is 67.4 cm³/mol. The highest BCUT2D eigenvalue weighted by atomic mass is 32.2. The van der Waals surface area contributed by atoms with E-state index in [-0.39, 0.29) is 6.04 Å². The molecule has 14 heavy (non-hydrogen) atoms. The van der Waals surface area contributed by atoms with Crippen LogP contribution in [-0.4, -0.2) is 18.6 Å². The molecule has 0 saturated carbocycles. The Hall–Kier alpha value is -0.120. The molecular formula is C11H17NS2. The highest BCUT2D eigenvalue weighted by molar-refractivity contribution is 8.01. The molecule has 0 saturated heterocycles. The first-order chi connectivity index (χ1) is 6.67. The molecule has 0 heterocycles. The average molecular weight is 227 g/mol. The van der Waals surface area contributed by atoms with E-state index in [0.29, 0.717) is 0 Å². The molecule has 1 aromatic rings. The van der Waals surface area contributed by atoms with Crippen LogP contribution in [0.15, 0.2) is 28.0 Å². The van der Waals surface area contributed by atoms with Crippen LogP contribution in [0.2, 0.25) is 0 Å². The van der Waals surface area contributed by atoms with Crippen molar-refractivity contribution in [3.8, 4) is 0 Å². The average Bonchev–Trinajstić information content (AvgIpc) is 2.16. The molecule has 0 amide bonds. The predicted octanol–water partition coefficient (Wildman–Crippen LogP) is 3.02. The van der Waals surface area contributed by atoms with Crippen molar-refractivity contribution in [2.45, 2.75) is 29.2 Å². The number of rotatable bonds is 4. The third-order valence-corrected chi connectivity index (χ3v) is 3.71. The fourth-order valence-corrected chi connectivity index (χ4v) is 2.88. The largest absolute Gasteiger partial charge is 0.328 e. The molecule has 0 radical (unpaired) electrons. The van der Waals surface area contributed by atoms with Gasteiger partial charge in [0, 0.05) is 15.8 Å². The molecule has 1 rings (SSSR count). The van der Waals surface area contributed by atoms with Crippen LogP contribution in [0.1, 0.15) is 12.5 Å². The third-order valence-electron chi connectivity index (χ3n) is 2.01. The van der Waals surface area contributed by atoms with E-state index in [2.05, 4.69) is 30.7 Å². The van der Waals surface area contributed by atoms with E-state index < -0.39 is 0 Å². The van der Waals surface area contributed by atoms with Crippen molar-refractivity contribution in [2.24, 2.45) is 5.73 Å². The van der Waals surface area contributed by atoms with Gasteiger partial charge in [0.25, 0.3) is 0 Å². The number of nitrogens with two attached hydrogens (primary N) is 1. The second kappa shape index (κ2) is 5.69. The summed E-state index contributed by atoms with van der Waals surface area (Å²) in [7, 11) is 0. The maximum absolute atomic E-state index is 5.77. The third kappa shape index (κ3) is 3.23. The molecule has 0 aromatic heterocycles. The molecule has 0 fully saturated rings. The Bertz CT molecular complexity index is 297. The summed E-state index contributed by atoms with van der Waals surface area (Å²) < 4.78 is 0. The van der Waals surface area contributed by atoms with Crippen molar-refractivity contribution in [1.82, 2.24) is 0 Å². The Balaban J connectivity index is 2.89. The number of hydrogen-bond acceptors (Lipinski definition) is 3. The second-order valence-corrected chi connectivity index (χ2v) is 5.07. The van der Waals surface area contributed by atoms with Crippen LogP contribution >= 0.6 is 23.5 Å². The fraction of sp³-hybridized carbons (Fsp3) is 0.455. The van der Waals surface area contributed by atoms with E-state index >= 15 is 0 Å². The van der Waals surface area contributed by atoms with E-state index in [1.54, 1.807) is 23.5 Å². The number of thioether (sulfide) groups is 2. The quantitative estimate of drug-likeness (QED) is 0.801. The summed E-state index contributed by atoms with van der Waals surface area (Å²) in [6.45, 7) is 2.04. The lowest BCUT2D eigenvalue weighted by molar-refractivity contribution is 0.736. The maximum atomic E-state index is 5.77. The smallest absolute Gasteiger partial charge is 0.0208 e. The molecule has 1 unspecified atom stereocenters. The first kappa shape index (κ1) is 12.0. The second-order valence-electron chi connectivity index (χ2n) is 3.37. The van der Waals surface area contributed by atoms with E-state index in [1.165, 1.54) is 15.4 Å². The van der Waals surface area contributed by atoms with Crippen molar-refractivity contribution >= 4 is 23.5 Å². The van der Waals surface area contributed by atoms with Gasteiger partial charge in [0.05, 0.1) is 0 Å². The normalized spacial score (nSPS) is 12.9. The lowest BCUT2D eigenvalue weighted by Crippen LogP contribution is -2.17. The molecule has 0 aliphatic carbocycles. The van der Waals surface area contributed by atoms with Crippen LogP contribution in [0.4, 0.5) is 0 Å². The molecular weight excluding hydrogens is 210 g/mol. The van der Waals surface area contributed by atoms with Crippen molar-refractivity contribution in [2.75, 3.05) is 12.5 Å². The van der Waals surface area contributed by atoms with Crippen LogP contribution in [0.25, 0.3) is 0 Å². The lowest BCUT2D eigenvalue weighted by Gasteiger charge is -2.09. The van der Waals surface area contributed by atoms with Gasteiger partial charge in [-0.25, -0.2) is 0 Å². The minimum Gasteiger partial charge on any atom is -0.328 e. The topological polar surface area (TPSA) is 26.0 Å². The summed E-state index contributed by atoms with van der Waals surface area (Å²) in [5.74, 6) is 0. The van der Waals surface area contributed by atoms with Gasteiger partial charge in [0.1, 0.15) is 0 Å².